The first-order valence-electron chi connectivity index (χ1n) is 3.67. The first kappa shape index (κ1) is 12.6. The molecular formula is C7H10F3NOS. The Morgan fingerprint density at radius 3 is 2.46 bits per heavy atom. The lowest BCUT2D eigenvalue weighted by Gasteiger charge is -2.11. The second kappa shape index (κ2) is 6.11. The normalized spacial score (nSPS) is 13.8. The molecule has 76 valence electrons. The summed E-state index contributed by atoms with van der Waals surface area (Å²) in [6.45, 7) is -0.0315. The number of hydrogen-bond donors (Lipinski definition) is 1. The molecule has 0 heterocycles. The van der Waals surface area contributed by atoms with Gasteiger partial charge in [-0.25, -0.2) is 0 Å². The Morgan fingerprint density at radius 2 is 2.08 bits per heavy atom. The van der Waals surface area contributed by atoms with Crippen LogP contribution in [0.5, 0.6) is 0 Å². The van der Waals surface area contributed by atoms with Gasteiger partial charge in [0.2, 0.25) is 0 Å². The largest absolute Gasteiger partial charge is 0.405 e. The van der Waals surface area contributed by atoms with E-state index in [2.05, 4.69) is 0 Å². The van der Waals surface area contributed by atoms with E-state index in [1.54, 1.807) is 0 Å². The Bertz CT molecular complexity index is 178. The fourth-order valence-electron chi connectivity index (χ4n) is 0.573. The summed E-state index contributed by atoms with van der Waals surface area (Å²) in [5.74, 6) is -1.69. The third kappa shape index (κ3) is 5.77. The fraction of sp³-hybridized carbons (Fsp3) is 0.857. The van der Waals surface area contributed by atoms with Gasteiger partial charge in [0.25, 0.3) is 0 Å². The Morgan fingerprint density at radius 1 is 1.46 bits per heavy atom. The fourth-order valence-corrected chi connectivity index (χ4v) is 1.57. The standard InChI is InChI=1S/C7H10F3NOS/c8-7(9,10)6(4-11)5-13-3-1-2-12/h6,12H,1-3,5H2. The summed E-state index contributed by atoms with van der Waals surface area (Å²) in [6.07, 6.45) is -3.97. The molecule has 0 bridgehead atoms. The lowest BCUT2D eigenvalue weighted by molar-refractivity contribution is -0.152. The highest BCUT2D eigenvalue weighted by atomic mass is 32.2. The van der Waals surface area contributed by atoms with Crippen LogP contribution in [-0.2, 0) is 0 Å². The minimum absolute atomic E-state index is 0.0315. The molecule has 0 amide bonds. The van der Waals surface area contributed by atoms with Crippen molar-refractivity contribution in [2.45, 2.75) is 12.6 Å². The molecule has 1 unspecified atom stereocenters. The molecule has 0 aromatic rings. The van der Waals surface area contributed by atoms with Crippen molar-refractivity contribution in [2.24, 2.45) is 5.92 Å². The molecule has 0 spiro atoms. The van der Waals surface area contributed by atoms with Crippen molar-refractivity contribution < 1.29 is 18.3 Å². The Balaban J connectivity index is 3.69. The summed E-state index contributed by atoms with van der Waals surface area (Å²) in [6, 6.07) is 1.21. The first-order chi connectivity index (χ1) is 6.02. The molecule has 0 aliphatic heterocycles. The molecule has 2 nitrogen and oxygen atoms in total. The SMILES string of the molecule is N#CC(CSCCCO)C(F)(F)F. The Labute approximate surface area is 78.7 Å². The maximum Gasteiger partial charge on any atom is 0.405 e. The molecular weight excluding hydrogens is 203 g/mol. The van der Waals surface area contributed by atoms with Crippen molar-refractivity contribution in [3.63, 3.8) is 0 Å². The second-order valence-electron chi connectivity index (χ2n) is 2.38. The van der Waals surface area contributed by atoms with Gasteiger partial charge < -0.3 is 5.11 Å². The van der Waals surface area contributed by atoms with E-state index in [4.69, 9.17) is 10.4 Å². The molecule has 0 fully saturated rings. The molecule has 1 N–H and O–H groups in total. The molecule has 13 heavy (non-hydrogen) atoms. The quantitative estimate of drug-likeness (QED) is 0.708. The predicted octanol–water partition coefficient (Wildman–Crippen LogP) is 1.80. The highest BCUT2D eigenvalue weighted by Crippen LogP contribution is 2.28. The van der Waals surface area contributed by atoms with Crippen LogP contribution in [0.2, 0.25) is 0 Å². The van der Waals surface area contributed by atoms with E-state index in [0.717, 1.165) is 11.8 Å². The van der Waals surface area contributed by atoms with Crippen LogP contribution in [0, 0.1) is 17.2 Å². The number of nitrogens with zero attached hydrogens (tertiary/aromatic N) is 1. The van der Waals surface area contributed by atoms with Crippen molar-refractivity contribution in [3.8, 4) is 6.07 Å². The molecule has 0 saturated carbocycles. The van der Waals surface area contributed by atoms with Crippen LogP contribution in [0.1, 0.15) is 6.42 Å². The van der Waals surface area contributed by atoms with Crippen LogP contribution in [-0.4, -0.2) is 29.4 Å². The minimum Gasteiger partial charge on any atom is -0.396 e. The van der Waals surface area contributed by atoms with Gasteiger partial charge in [0.1, 0.15) is 0 Å². The van der Waals surface area contributed by atoms with Crippen molar-refractivity contribution in [1.29, 1.82) is 5.26 Å². The summed E-state index contributed by atoms with van der Waals surface area (Å²) in [5, 5.41) is 16.5. The van der Waals surface area contributed by atoms with E-state index < -0.39 is 12.1 Å². The highest BCUT2D eigenvalue weighted by molar-refractivity contribution is 7.99. The van der Waals surface area contributed by atoms with Crippen LogP contribution >= 0.6 is 11.8 Å². The Hall–Kier alpha value is -0.410. The van der Waals surface area contributed by atoms with Crippen LogP contribution in [0.3, 0.4) is 0 Å². The molecule has 0 aromatic heterocycles. The minimum atomic E-state index is -4.43. The number of alkyl halides is 3. The lowest BCUT2D eigenvalue weighted by atomic mass is 10.2. The smallest absolute Gasteiger partial charge is 0.396 e. The zero-order chi connectivity index (χ0) is 10.3. The number of hydrogen-bond acceptors (Lipinski definition) is 3. The Kier molecular flexibility index (Phi) is 5.91. The van der Waals surface area contributed by atoms with Crippen LogP contribution in [0.15, 0.2) is 0 Å². The molecule has 0 radical (unpaired) electrons. The van der Waals surface area contributed by atoms with Crippen LogP contribution < -0.4 is 0 Å². The predicted molar refractivity (Wildman–Crippen MR) is 44.2 cm³/mol. The maximum atomic E-state index is 11.9. The zero-order valence-electron chi connectivity index (χ0n) is 6.84. The molecule has 0 saturated heterocycles. The van der Waals surface area contributed by atoms with E-state index in [-0.39, 0.29) is 12.4 Å². The maximum absolute atomic E-state index is 11.9. The summed E-state index contributed by atoms with van der Waals surface area (Å²) in [7, 11) is 0. The van der Waals surface area contributed by atoms with Gasteiger partial charge in [0.05, 0.1) is 6.07 Å². The van der Waals surface area contributed by atoms with Crippen molar-refractivity contribution in [2.75, 3.05) is 18.1 Å². The first-order valence-corrected chi connectivity index (χ1v) is 4.82. The molecule has 1 atom stereocenters. The van der Waals surface area contributed by atoms with E-state index >= 15 is 0 Å². The lowest BCUT2D eigenvalue weighted by Crippen LogP contribution is -2.23. The van der Waals surface area contributed by atoms with Crippen molar-refractivity contribution in [1.82, 2.24) is 0 Å². The zero-order valence-corrected chi connectivity index (χ0v) is 7.66. The van der Waals surface area contributed by atoms with E-state index in [0.29, 0.717) is 12.2 Å². The number of halogens is 3. The molecule has 6 heteroatoms. The van der Waals surface area contributed by atoms with Gasteiger partial charge in [-0.3, -0.25) is 0 Å². The molecule has 0 aliphatic rings. The van der Waals surface area contributed by atoms with Gasteiger partial charge in [-0.1, -0.05) is 0 Å². The van der Waals surface area contributed by atoms with Gasteiger partial charge in [0.15, 0.2) is 5.92 Å². The number of aliphatic hydroxyl groups is 1. The van der Waals surface area contributed by atoms with Crippen LogP contribution in [0.25, 0.3) is 0 Å². The number of thioether (sulfide) groups is 1. The number of rotatable bonds is 5. The van der Waals surface area contributed by atoms with Gasteiger partial charge in [0, 0.05) is 12.4 Å². The van der Waals surface area contributed by atoms with E-state index in [9.17, 15) is 13.2 Å². The molecule has 0 aliphatic carbocycles. The summed E-state index contributed by atoms with van der Waals surface area (Å²) in [5.41, 5.74) is 0. The van der Waals surface area contributed by atoms with Gasteiger partial charge >= 0.3 is 6.18 Å². The monoisotopic (exact) mass is 213 g/mol. The second-order valence-corrected chi connectivity index (χ2v) is 3.53. The highest BCUT2D eigenvalue weighted by Gasteiger charge is 2.39. The average Bonchev–Trinajstić information content (AvgIpc) is 2.02. The van der Waals surface area contributed by atoms with E-state index in [1.807, 2.05) is 0 Å². The summed E-state index contributed by atoms with van der Waals surface area (Å²) in [4.78, 5) is 0. The van der Waals surface area contributed by atoms with Crippen molar-refractivity contribution in [3.05, 3.63) is 0 Å². The topological polar surface area (TPSA) is 44.0 Å². The summed E-state index contributed by atoms with van der Waals surface area (Å²) >= 11 is 1.03. The third-order valence-corrected chi connectivity index (χ3v) is 2.43. The van der Waals surface area contributed by atoms with E-state index in [1.165, 1.54) is 6.07 Å². The molecule has 0 rings (SSSR count). The number of aliphatic hydroxyl groups excluding tert-OH is 1. The summed E-state index contributed by atoms with van der Waals surface area (Å²) < 4.78 is 35.8. The van der Waals surface area contributed by atoms with Crippen LogP contribution in [0.4, 0.5) is 13.2 Å². The van der Waals surface area contributed by atoms with Crippen molar-refractivity contribution >= 4 is 11.8 Å². The third-order valence-electron chi connectivity index (χ3n) is 1.28. The van der Waals surface area contributed by atoms with Gasteiger partial charge in [-0.2, -0.15) is 30.2 Å². The van der Waals surface area contributed by atoms with Gasteiger partial charge in [-0.15, -0.1) is 0 Å². The number of nitriles is 1. The molecule has 0 aromatic carbocycles. The average molecular weight is 213 g/mol. The van der Waals surface area contributed by atoms with Gasteiger partial charge in [-0.05, 0) is 12.2 Å².